The van der Waals surface area contributed by atoms with Gasteiger partial charge in [-0.25, -0.2) is 9.37 Å². The molecule has 1 aliphatic heterocycles. The van der Waals surface area contributed by atoms with Crippen LogP contribution in [0.3, 0.4) is 0 Å². The lowest BCUT2D eigenvalue weighted by Crippen LogP contribution is -2.36. The molecular weight excluding hydrogens is 447 g/mol. The quantitative estimate of drug-likeness (QED) is 0.348. The number of alkyl halides is 1. The Kier molecular flexibility index (Phi) is 6.40. The van der Waals surface area contributed by atoms with Crippen molar-refractivity contribution in [1.29, 1.82) is 0 Å². The molecule has 4 aromatic rings. The molecule has 0 bridgehead atoms. The summed E-state index contributed by atoms with van der Waals surface area (Å²) in [7, 11) is 0. The van der Waals surface area contributed by atoms with E-state index < -0.39 is 12.6 Å². The van der Waals surface area contributed by atoms with E-state index in [1.807, 2.05) is 67.6 Å². The van der Waals surface area contributed by atoms with E-state index in [-0.39, 0.29) is 12.5 Å². The van der Waals surface area contributed by atoms with Crippen LogP contribution in [0.25, 0.3) is 33.7 Å². The minimum atomic E-state index is -0.710. The van der Waals surface area contributed by atoms with E-state index in [0.29, 0.717) is 43.2 Å². The van der Waals surface area contributed by atoms with Gasteiger partial charge in [0.25, 0.3) is 0 Å². The third kappa shape index (κ3) is 4.71. The zero-order valence-electron chi connectivity index (χ0n) is 19.5. The van der Waals surface area contributed by atoms with E-state index in [1.54, 1.807) is 0 Å². The van der Waals surface area contributed by atoms with Crippen LogP contribution in [0.15, 0.2) is 65.1 Å². The van der Waals surface area contributed by atoms with Crippen molar-refractivity contribution in [3.05, 3.63) is 66.2 Å². The molecule has 0 saturated carbocycles. The predicted octanol–water partition coefficient (Wildman–Crippen LogP) is 6.12. The molecule has 1 saturated heterocycles. The van der Waals surface area contributed by atoms with Gasteiger partial charge in [0, 0.05) is 29.9 Å². The normalized spacial score (nSPS) is 14.4. The molecule has 0 atom stereocenters. The number of aryl methyl sites for hydroxylation is 1. The molecule has 0 amide bonds. The summed E-state index contributed by atoms with van der Waals surface area (Å²) in [5.41, 5.74) is 6.32. The summed E-state index contributed by atoms with van der Waals surface area (Å²) < 4.78 is 24.3. The second-order valence-electron chi connectivity index (χ2n) is 8.83. The minimum absolute atomic E-state index is 0.0244. The highest BCUT2D eigenvalue weighted by Crippen LogP contribution is 2.35. The average molecular weight is 475 g/mol. The number of fused-ring (bicyclic) bond motifs is 1. The van der Waals surface area contributed by atoms with Gasteiger partial charge in [-0.05, 0) is 67.3 Å². The Morgan fingerprint density at radius 1 is 1.11 bits per heavy atom. The fourth-order valence-electron chi connectivity index (χ4n) is 4.68. The summed E-state index contributed by atoms with van der Waals surface area (Å²) in [6, 6.07) is 19.6. The molecule has 0 spiro atoms. The Bertz CT molecular complexity index is 1360. The van der Waals surface area contributed by atoms with E-state index in [9.17, 15) is 14.3 Å². The largest absolute Gasteiger partial charge is 0.490 e. The van der Waals surface area contributed by atoms with Crippen LogP contribution in [0, 0.1) is 12.8 Å². The number of aliphatic carboxylic acids is 1. The van der Waals surface area contributed by atoms with Crippen LogP contribution >= 0.6 is 0 Å². The highest BCUT2D eigenvalue weighted by molar-refractivity contribution is 5.82. The van der Waals surface area contributed by atoms with Gasteiger partial charge in [-0.2, -0.15) is 0 Å². The number of piperidine rings is 1. The van der Waals surface area contributed by atoms with Gasteiger partial charge in [0.05, 0.1) is 5.92 Å². The van der Waals surface area contributed by atoms with Gasteiger partial charge in [-0.3, -0.25) is 4.79 Å². The number of anilines is 1. The van der Waals surface area contributed by atoms with Gasteiger partial charge in [-0.1, -0.05) is 24.3 Å². The maximum atomic E-state index is 12.6. The smallest absolute Gasteiger partial charge is 0.306 e. The van der Waals surface area contributed by atoms with Gasteiger partial charge in [0.1, 0.15) is 24.5 Å². The van der Waals surface area contributed by atoms with Gasteiger partial charge in [0.15, 0.2) is 5.58 Å². The molecule has 1 aliphatic rings. The number of ether oxygens (including phenoxy) is 1. The number of aromatic nitrogens is 1. The van der Waals surface area contributed by atoms with Gasteiger partial charge in [-0.15, -0.1) is 0 Å². The molecule has 180 valence electrons. The summed E-state index contributed by atoms with van der Waals surface area (Å²) >= 11 is 0. The second-order valence-corrected chi connectivity index (χ2v) is 8.83. The number of halogens is 1. The highest BCUT2D eigenvalue weighted by atomic mass is 19.1. The number of hydrogen-bond donors (Lipinski definition) is 1. The summed E-state index contributed by atoms with van der Waals surface area (Å²) in [6.45, 7) is 2.93. The van der Waals surface area contributed by atoms with Crippen molar-refractivity contribution in [2.75, 3.05) is 31.3 Å². The van der Waals surface area contributed by atoms with Crippen molar-refractivity contribution in [1.82, 2.24) is 4.98 Å². The molecule has 2 heterocycles. The van der Waals surface area contributed by atoms with Crippen LogP contribution in [0.5, 0.6) is 5.75 Å². The summed E-state index contributed by atoms with van der Waals surface area (Å²) in [4.78, 5) is 18.2. The number of para-hydroxylation sites is 1. The number of rotatable bonds is 7. The minimum Gasteiger partial charge on any atom is -0.490 e. The molecule has 1 aromatic heterocycles. The SMILES string of the molecule is Cc1cc(-c2nc3cc(N4CCC(C(=O)O)CC4)ccc3o2)ccc1-c1ccccc1OCCF. The van der Waals surface area contributed by atoms with Gasteiger partial charge < -0.3 is 19.2 Å². The predicted molar refractivity (Wildman–Crippen MR) is 134 cm³/mol. The van der Waals surface area contributed by atoms with Crippen molar-refractivity contribution in [2.24, 2.45) is 5.92 Å². The van der Waals surface area contributed by atoms with E-state index in [1.165, 1.54) is 0 Å². The number of nitrogens with zero attached hydrogens (tertiary/aromatic N) is 2. The number of benzene rings is 3. The molecule has 0 unspecified atom stereocenters. The second kappa shape index (κ2) is 9.78. The van der Waals surface area contributed by atoms with Gasteiger partial charge >= 0.3 is 5.97 Å². The van der Waals surface area contributed by atoms with Crippen LogP contribution < -0.4 is 9.64 Å². The lowest BCUT2D eigenvalue weighted by Gasteiger charge is -2.31. The van der Waals surface area contributed by atoms with Crippen LogP contribution in [0.1, 0.15) is 18.4 Å². The fourth-order valence-corrected chi connectivity index (χ4v) is 4.68. The molecule has 5 rings (SSSR count). The first-order chi connectivity index (χ1) is 17.0. The number of oxazole rings is 1. The molecule has 6 nitrogen and oxygen atoms in total. The Morgan fingerprint density at radius 2 is 1.91 bits per heavy atom. The molecule has 3 aromatic carbocycles. The van der Waals surface area contributed by atoms with Crippen LogP contribution in [0.4, 0.5) is 10.1 Å². The maximum absolute atomic E-state index is 12.6. The molecule has 7 heteroatoms. The van der Waals surface area contributed by atoms with Crippen LogP contribution in [0.2, 0.25) is 0 Å². The Morgan fingerprint density at radius 3 is 2.66 bits per heavy atom. The number of carboxylic acid groups (broad SMARTS) is 1. The van der Waals surface area contributed by atoms with Crippen LogP contribution in [-0.4, -0.2) is 42.4 Å². The van der Waals surface area contributed by atoms with Crippen LogP contribution in [-0.2, 0) is 4.79 Å². The number of hydrogen-bond acceptors (Lipinski definition) is 5. The first-order valence-corrected chi connectivity index (χ1v) is 11.8. The summed E-state index contributed by atoms with van der Waals surface area (Å²) in [6.07, 6.45) is 1.29. The van der Waals surface area contributed by atoms with Crippen molar-refractivity contribution >= 4 is 22.8 Å². The lowest BCUT2D eigenvalue weighted by atomic mass is 9.97. The molecule has 1 N–H and O–H groups in total. The van der Waals surface area contributed by atoms with Crippen molar-refractivity contribution in [3.63, 3.8) is 0 Å². The third-order valence-corrected chi connectivity index (χ3v) is 6.57. The van der Waals surface area contributed by atoms with Crippen molar-refractivity contribution < 1.29 is 23.4 Å². The van der Waals surface area contributed by atoms with E-state index in [4.69, 9.17) is 14.1 Å². The molecule has 0 radical (unpaired) electrons. The summed E-state index contributed by atoms with van der Waals surface area (Å²) in [5, 5.41) is 9.24. The number of carbonyl (C=O) groups is 1. The zero-order chi connectivity index (χ0) is 24.4. The summed E-state index contributed by atoms with van der Waals surface area (Å²) in [5.74, 6) is 0.224. The first kappa shape index (κ1) is 22.9. The Labute approximate surface area is 203 Å². The van der Waals surface area contributed by atoms with E-state index in [0.717, 1.165) is 33.5 Å². The van der Waals surface area contributed by atoms with Crippen molar-refractivity contribution in [3.8, 4) is 28.3 Å². The topological polar surface area (TPSA) is 75.8 Å². The lowest BCUT2D eigenvalue weighted by molar-refractivity contribution is -0.142. The fraction of sp³-hybridized carbons (Fsp3) is 0.286. The molecule has 1 fully saturated rings. The van der Waals surface area contributed by atoms with E-state index >= 15 is 0 Å². The van der Waals surface area contributed by atoms with Gasteiger partial charge in [0.2, 0.25) is 5.89 Å². The monoisotopic (exact) mass is 474 g/mol. The van der Waals surface area contributed by atoms with Crippen molar-refractivity contribution in [2.45, 2.75) is 19.8 Å². The Balaban J connectivity index is 1.39. The first-order valence-electron chi connectivity index (χ1n) is 11.8. The third-order valence-electron chi connectivity index (χ3n) is 6.57. The molecule has 0 aliphatic carbocycles. The average Bonchev–Trinajstić information content (AvgIpc) is 3.31. The van der Waals surface area contributed by atoms with E-state index in [2.05, 4.69) is 4.90 Å². The highest BCUT2D eigenvalue weighted by Gasteiger charge is 2.25. The molecule has 35 heavy (non-hydrogen) atoms. The molecular formula is C28H27FN2O4. The standard InChI is InChI=1S/C28H27FN2O4/c1-18-16-20(6-8-22(18)23-4-2-3-5-25(23)34-15-12-29)27-30-24-17-21(7-9-26(24)35-27)31-13-10-19(11-14-31)28(32)33/h2-9,16-17,19H,10-15H2,1H3,(H,32,33). The zero-order valence-corrected chi connectivity index (χ0v) is 19.5. The maximum Gasteiger partial charge on any atom is 0.306 e. The number of carboxylic acids is 1. The Hall–Kier alpha value is -3.87.